The number of aliphatic imine (C=N–C) groups is 1. The third kappa shape index (κ3) is 2.57. The molecule has 3 nitrogen and oxygen atoms in total. The quantitative estimate of drug-likeness (QED) is 0.885. The van der Waals surface area contributed by atoms with Gasteiger partial charge in [-0.3, -0.25) is 4.99 Å². The Labute approximate surface area is 114 Å². The molecule has 0 saturated heterocycles. The molecule has 0 bridgehead atoms. The van der Waals surface area contributed by atoms with Crippen LogP contribution in [0.1, 0.15) is 39.5 Å². The molecule has 0 fully saturated rings. The van der Waals surface area contributed by atoms with Crippen LogP contribution in [-0.2, 0) is 0 Å². The van der Waals surface area contributed by atoms with Crippen molar-refractivity contribution in [3.8, 4) is 0 Å². The molecular weight excluding hydrogens is 241 g/mol. The Morgan fingerprint density at radius 2 is 2.00 bits per heavy atom. The second-order valence-corrected chi connectivity index (χ2v) is 5.17. The average molecular weight is 263 g/mol. The minimum absolute atomic E-state index is 0.0437. The van der Waals surface area contributed by atoms with Crippen molar-refractivity contribution in [2.75, 3.05) is 11.4 Å². The molecule has 1 unspecified atom stereocenters. The fourth-order valence-electron chi connectivity index (χ4n) is 2.75. The lowest BCUT2D eigenvalue weighted by Gasteiger charge is -2.39. The van der Waals surface area contributed by atoms with Gasteiger partial charge in [-0.05, 0) is 37.1 Å². The lowest BCUT2D eigenvalue weighted by Crippen LogP contribution is -2.51. The maximum absolute atomic E-state index is 13.1. The van der Waals surface area contributed by atoms with Gasteiger partial charge in [0.25, 0.3) is 0 Å². The smallest absolute Gasteiger partial charge is 0.196 e. The van der Waals surface area contributed by atoms with E-state index in [1.54, 1.807) is 12.1 Å². The summed E-state index contributed by atoms with van der Waals surface area (Å²) in [5.41, 5.74) is 6.94. The van der Waals surface area contributed by atoms with Gasteiger partial charge in [-0.15, -0.1) is 0 Å². The van der Waals surface area contributed by atoms with Gasteiger partial charge in [0.1, 0.15) is 5.82 Å². The van der Waals surface area contributed by atoms with Crippen molar-refractivity contribution in [1.29, 1.82) is 0 Å². The summed E-state index contributed by atoms with van der Waals surface area (Å²) < 4.78 is 13.1. The number of halogens is 1. The third-order valence-electron chi connectivity index (χ3n) is 3.98. The summed E-state index contributed by atoms with van der Waals surface area (Å²) in [5, 5.41) is 0. The highest BCUT2D eigenvalue weighted by Crippen LogP contribution is 2.35. The second kappa shape index (κ2) is 5.59. The number of hydrogen-bond donors (Lipinski definition) is 1. The van der Waals surface area contributed by atoms with E-state index < -0.39 is 0 Å². The molecule has 19 heavy (non-hydrogen) atoms. The van der Waals surface area contributed by atoms with Crippen LogP contribution in [0.5, 0.6) is 0 Å². The number of rotatable bonds is 5. The summed E-state index contributed by atoms with van der Waals surface area (Å²) in [6, 6.07) is 6.50. The molecule has 0 spiro atoms. The van der Waals surface area contributed by atoms with Crippen LogP contribution >= 0.6 is 0 Å². The molecule has 0 amide bonds. The van der Waals surface area contributed by atoms with E-state index in [-0.39, 0.29) is 11.4 Å². The molecule has 4 heteroatoms. The van der Waals surface area contributed by atoms with Crippen molar-refractivity contribution in [1.82, 2.24) is 0 Å². The zero-order valence-corrected chi connectivity index (χ0v) is 11.7. The molecule has 1 aliphatic heterocycles. The first-order chi connectivity index (χ1) is 9.13. The Bertz CT molecular complexity index is 455. The summed E-state index contributed by atoms with van der Waals surface area (Å²) in [6.45, 7) is 5.08. The van der Waals surface area contributed by atoms with Gasteiger partial charge < -0.3 is 10.6 Å². The van der Waals surface area contributed by atoms with Crippen molar-refractivity contribution in [2.24, 2.45) is 10.7 Å². The Hall–Kier alpha value is -1.58. The lowest BCUT2D eigenvalue weighted by molar-refractivity contribution is 0.394. The largest absolute Gasteiger partial charge is 0.369 e. The zero-order valence-electron chi connectivity index (χ0n) is 11.7. The first kappa shape index (κ1) is 13.8. The number of unbranched alkanes of at least 4 members (excludes halogenated alkanes) is 1. The van der Waals surface area contributed by atoms with E-state index in [1.807, 2.05) is 0 Å². The molecule has 1 atom stereocenters. The number of hydrogen-bond acceptors (Lipinski definition) is 3. The Balaban J connectivity index is 2.32. The predicted molar refractivity (Wildman–Crippen MR) is 77.9 cm³/mol. The molecule has 0 aliphatic carbocycles. The molecule has 1 aliphatic rings. The monoisotopic (exact) mass is 263 g/mol. The molecule has 2 rings (SSSR count). The molecule has 0 saturated carbocycles. The lowest BCUT2D eigenvalue weighted by atomic mass is 9.88. The summed E-state index contributed by atoms with van der Waals surface area (Å²) in [6.07, 6.45) is 4.34. The van der Waals surface area contributed by atoms with Gasteiger partial charge in [-0.1, -0.05) is 26.7 Å². The number of nitrogens with two attached hydrogens (primary N) is 1. The van der Waals surface area contributed by atoms with E-state index in [4.69, 9.17) is 5.73 Å². The number of benzene rings is 1. The van der Waals surface area contributed by atoms with Crippen LogP contribution < -0.4 is 10.6 Å². The van der Waals surface area contributed by atoms with Gasteiger partial charge in [0, 0.05) is 5.69 Å². The molecule has 1 aromatic carbocycles. The Morgan fingerprint density at radius 1 is 1.32 bits per heavy atom. The topological polar surface area (TPSA) is 41.6 Å². The molecule has 1 aromatic rings. The number of nitrogens with zero attached hydrogens (tertiary/aromatic N) is 2. The van der Waals surface area contributed by atoms with Gasteiger partial charge in [0.15, 0.2) is 5.96 Å². The van der Waals surface area contributed by atoms with E-state index in [1.165, 1.54) is 12.1 Å². The van der Waals surface area contributed by atoms with Crippen LogP contribution in [0, 0.1) is 5.82 Å². The van der Waals surface area contributed by atoms with Gasteiger partial charge >= 0.3 is 0 Å². The fraction of sp³-hybridized carbons (Fsp3) is 0.533. The molecule has 1 heterocycles. The molecule has 2 N–H and O–H groups in total. The molecule has 0 radical (unpaired) electrons. The third-order valence-corrected chi connectivity index (χ3v) is 3.98. The first-order valence-electron chi connectivity index (χ1n) is 6.98. The summed E-state index contributed by atoms with van der Waals surface area (Å²) in [4.78, 5) is 6.51. The van der Waals surface area contributed by atoms with E-state index >= 15 is 0 Å². The molecule has 104 valence electrons. The Morgan fingerprint density at radius 3 is 2.58 bits per heavy atom. The van der Waals surface area contributed by atoms with Gasteiger partial charge in [0.2, 0.25) is 0 Å². The van der Waals surface area contributed by atoms with Gasteiger partial charge in [-0.2, -0.15) is 0 Å². The maximum atomic E-state index is 13.1. The second-order valence-electron chi connectivity index (χ2n) is 5.17. The van der Waals surface area contributed by atoms with Crippen LogP contribution in [0.2, 0.25) is 0 Å². The maximum Gasteiger partial charge on any atom is 0.196 e. The summed E-state index contributed by atoms with van der Waals surface area (Å²) in [7, 11) is 0. The van der Waals surface area contributed by atoms with E-state index in [9.17, 15) is 4.39 Å². The van der Waals surface area contributed by atoms with E-state index in [2.05, 4.69) is 23.7 Å². The highest BCUT2D eigenvalue weighted by Gasteiger charge is 2.40. The van der Waals surface area contributed by atoms with Gasteiger partial charge in [0.05, 0.1) is 12.1 Å². The van der Waals surface area contributed by atoms with Crippen molar-refractivity contribution in [2.45, 2.75) is 45.1 Å². The highest BCUT2D eigenvalue weighted by molar-refractivity contribution is 5.98. The van der Waals surface area contributed by atoms with Crippen LogP contribution in [0.4, 0.5) is 10.1 Å². The Kier molecular flexibility index (Phi) is 4.08. The summed E-state index contributed by atoms with van der Waals surface area (Å²) >= 11 is 0. The normalized spacial score (nSPS) is 22.7. The number of guanidine groups is 1. The van der Waals surface area contributed by atoms with Gasteiger partial charge in [-0.25, -0.2) is 4.39 Å². The standard InChI is InChI=1S/C15H22FN3/c1-3-5-10-15(4-2)11-18-14(17)19(15)13-8-6-12(16)7-9-13/h6-9H,3-5,10-11H2,1-2H3,(H2,17,18). The van der Waals surface area contributed by atoms with Crippen molar-refractivity contribution in [3.05, 3.63) is 30.1 Å². The average Bonchev–Trinajstić information content (AvgIpc) is 2.75. The fourth-order valence-corrected chi connectivity index (χ4v) is 2.75. The van der Waals surface area contributed by atoms with Crippen LogP contribution in [0.15, 0.2) is 29.3 Å². The molecular formula is C15H22FN3. The van der Waals surface area contributed by atoms with Crippen molar-refractivity contribution >= 4 is 11.6 Å². The SMILES string of the molecule is CCCCC1(CC)CN=C(N)N1c1ccc(F)cc1. The van der Waals surface area contributed by atoms with Crippen LogP contribution in [0.3, 0.4) is 0 Å². The van der Waals surface area contributed by atoms with E-state index in [0.717, 1.165) is 37.9 Å². The van der Waals surface area contributed by atoms with Crippen molar-refractivity contribution < 1.29 is 4.39 Å². The zero-order chi connectivity index (χ0) is 13.9. The van der Waals surface area contributed by atoms with Crippen LogP contribution in [0.25, 0.3) is 0 Å². The summed E-state index contributed by atoms with van der Waals surface area (Å²) in [5.74, 6) is 0.318. The van der Waals surface area contributed by atoms with Crippen molar-refractivity contribution in [3.63, 3.8) is 0 Å². The van der Waals surface area contributed by atoms with E-state index in [0.29, 0.717) is 5.96 Å². The first-order valence-corrected chi connectivity index (χ1v) is 6.98. The molecule has 0 aromatic heterocycles. The minimum Gasteiger partial charge on any atom is -0.369 e. The number of anilines is 1. The highest BCUT2D eigenvalue weighted by atomic mass is 19.1. The van der Waals surface area contributed by atoms with Crippen LogP contribution in [-0.4, -0.2) is 18.0 Å². The minimum atomic E-state index is -0.228. The predicted octanol–water partition coefficient (Wildman–Crippen LogP) is 3.30.